The minimum Gasteiger partial charge on any atom is -0.345 e. The summed E-state index contributed by atoms with van der Waals surface area (Å²) < 4.78 is 0. The fourth-order valence-electron chi connectivity index (χ4n) is 1.91. The van der Waals surface area contributed by atoms with Gasteiger partial charge in [-0.3, -0.25) is 9.78 Å². The molecule has 0 saturated heterocycles. The van der Waals surface area contributed by atoms with Gasteiger partial charge in [0.2, 0.25) is 5.91 Å². The number of rotatable bonds is 5. The van der Waals surface area contributed by atoms with Crippen molar-refractivity contribution in [3.05, 3.63) is 46.2 Å². The number of hydrogen-bond donors (Lipinski definition) is 1. The number of aromatic nitrogens is 2. The zero-order chi connectivity index (χ0) is 14.6. The molecule has 2 rings (SSSR count). The SMILES string of the molecule is Cc1csc(C(C)(C)NC(=O)CCc2cccnc2)n1. The van der Waals surface area contributed by atoms with Crippen LogP contribution in [0.25, 0.3) is 0 Å². The van der Waals surface area contributed by atoms with E-state index in [0.717, 1.165) is 16.3 Å². The molecule has 0 aliphatic rings. The highest BCUT2D eigenvalue weighted by atomic mass is 32.1. The van der Waals surface area contributed by atoms with Gasteiger partial charge in [0.25, 0.3) is 0 Å². The topological polar surface area (TPSA) is 54.9 Å². The van der Waals surface area contributed by atoms with Crippen LogP contribution in [-0.4, -0.2) is 15.9 Å². The Labute approximate surface area is 123 Å². The Bertz CT molecular complexity index is 578. The van der Waals surface area contributed by atoms with E-state index < -0.39 is 5.54 Å². The number of carbonyl (C=O) groups is 1. The number of nitrogens with zero attached hydrogens (tertiary/aromatic N) is 2. The van der Waals surface area contributed by atoms with E-state index in [1.807, 2.05) is 38.3 Å². The van der Waals surface area contributed by atoms with Gasteiger partial charge >= 0.3 is 0 Å². The van der Waals surface area contributed by atoms with Crippen LogP contribution in [-0.2, 0) is 16.8 Å². The molecule has 0 atom stereocenters. The van der Waals surface area contributed by atoms with Crippen molar-refractivity contribution in [2.45, 2.75) is 39.2 Å². The lowest BCUT2D eigenvalue weighted by Gasteiger charge is -2.23. The average Bonchev–Trinajstić information content (AvgIpc) is 2.85. The number of hydrogen-bond acceptors (Lipinski definition) is 4. The highest BCUT2D eigenvalue weighted by molar-refractivity contribution is 7.09. The molecule has 0 aromatic carbocycles. The molecule has 2 aromatic heterocycles. The van der Waals surface area contributed by atoms with Crippen LogP contribution in [0, 0.1) is 6.92 Å². The Morgan fingerprint density at radius 3 is 2.85 bits per heavy atom. The van der Waals surface area contributed by atoms with Gasteiger partial charge in [-0.1, -0.05) is 6.07 Å². The summed E-state index contributed by atoms with van der Waals surface area (Å²) in [6, 6.07) is 3.87. The molecule has 0 fully saturated rings. The molecular weight excluding hydrogens is 270 g/mol. The molecule has 1 amide bonds. The molecule has 0 radical (unpaired) electrons. The molecule has 0 aliphatic heterocycles. The number of thiazole rings is 1. The largest absolute Gasteiger partial charge is 0.345 e. The summed E-state index contributed by atoms with van der Waals surface area (Å²) in [6.07, 6.45) is 4.69. The molecule has 0 bridgehead atoms. The molecule has 0 spiro atoms. The normalized spacial score (nSPS) is 11.3. The van der Waals surface area contributed by atoms with Crippen molar-refractivity contribution in [1.29, 1.82) is 0 Å². The average molecular weight is 289 g/mol. The Hall–Kier alpha value is -1.75. The number of nitrogens with one attached hydrogen (secondary N) is 1. The summed E-state index contributed by atoms with van der Waals surface area (Å²) in [4.78, 5) is 20.6. The number of pyridine rings is 1. The van der Waals surface area contributed by atoms with Crippen molar-refractivity contribution >= 4 is 17.2 Å². The van der Waals surface area contributed by atoms with Crippen LogP contribution in [0.3, 0.4) is 0 Å². The first-order valence-electron chi connectivity index (χ1n) is 6.60. The van der Waals surface area contributed by atoms with E-state index in [-0.39, 0.29) is 5.91 Å². The number of carbonyl (C=O) groups excluding carboxylic acids is 1. The molecule has 0 unspecified atom stereocenters. The van der Waals surface area contributed by atoms with Gasteiger partial charge in [0.15, 0.2) is 0 Å². The van der Waals surface area contributed by atoms with Gasteiger partial charge in [-0.15, -0.1) is 11.3 Å². The van der Waals surface area contributed by atoms with Crippen LogP contribution in [0.15, 0.2) is 29.9 Å². The Morgan fingerprint density at radius 2 is 2.25 bits per heavy atom. The lowest BCUT2D eigenvalue weighted by molar-refractivity contribution is -0.122. The van der Waals surface area contributed by atoms with E-state index in [9.17, 15) is 4.79 Å². The fourth-order valence-corrected chi connectivity index (χ4v) is 2.79. The Balaban J connectivity index is 1.91. The standard InChI is InChI=1S/C15H19N3OS/c1-11-10-20-14(17-11)15(2,3)18-13(19)7-6-12-5-4-8-16-9-12/h4-5,8-10H,6-7H2,1-3H3,(H,18,19). The molecule has 2 aromatic rings. The maximum atomic E-state index is 12.1. The van der Waals surface area contributed by atoms with Crippen LogP contribution in [0.1, 0.15) is 36.5 Å². The summed E-state index contributed by atoms with van der Waals surface area (Å²) in [5.41, 5.74) is 1.64. The van der Waals surface area contributed by atoms with E-state index in [4.69, 9.17) is 0 Å². The fraction of sp³-hybridized carbons (Fsp3) is 0.400. The summed E-state index contributed by atoms with van der Waals surface area (Å²) in [5.74, 6) is 0.0340. The maximum absolute atomic E-state index is 12.1. The molecule has 0 saturated carbocycles. The minimum atomic E-state index is -0.426. The quantitative estimate of drug-likeness (QED) is 0.921. The summed E-state index contributed by atoms with van der Waals surface area (Å²) in [5, 5.41) is 5.98. The predicted molar refractivity (Wildman–Crippen MR) is 80.6 cm³/mol. The van der Waals surface area contributed by atoms with Crippen molar-refractivity contribution in [3.63, 3.8) is 0 Å². The molecular formula is C15H19N3OS. The maximum Gasteiger partial charge on any atom is 0.221 e. The van der Waals surface area contributed by atoms with E-state index in [1.165, 1.54) is 0 Å². The van der Waals surface area contributed by atoms with Gasteiger partial charge in [-0.25, -0.2) is 4.98 Å². The van der Waals surface area contributed by atoms with E-state index in [2.05, 4.69) is 15.3 Å². The third-order valence-corrected chi connectivity index (χ3v) is 4.25. The van der Waals surface area contributed by atoms with Crippen molar-refractivity contribution in [2.75, 3.05) is 0 Å². The molecule has 1 N–H and O–H groups in total. The van der Waals surface area contributed by atoms with Gasteiger partial charge < -0.3 is 5.32 Å². The van der Waals surface area contributed by atoms with Crippen LogP contribution in [0.5, 0.6) is 0 Å². The zero-order valence-corrected chi connectivity index (χ0v) is 12.8. The van der Waals surface area contributed by atoms with Gasteiger partial charge in [0, 0.05) is 29.9 Å². The summed E-state index contributed by atoms with van der Waals surface area (Å²) in [7, 11) is 0. The van der Waals surface area contributed by atoms with Crippen molar-refractivity contribution in [1.82, 2.24) is 15.3 Å². The molecule has 2 heterocycles. The first kappa shape index (κ1) is 14.7. The predicted octanol–water partition coefficient (Wildman–Crippen LogP) is 2.83. The van der Waals surface area contributed by atoms with Crippen molar-refractivity contribution in [3.8, 4) is 0 Å². The van der Waals surface area contributed by atoms with E-state index >= 15 is 0 Å². The monoisotopic (exact) mass is 289 g/mol. The van der Waals surface area contributed by atoms with Gasteiger partial charge in [0.05, 0.1) is 5.54 Å². The van der Waals surface area contributed by atoms with Gasteiger partial charge in [-0.2, -0.15) is 0 Å². The van der Waals surface area contributed by atoms with Crippen LogP contribution in [0.4, 0.5) is 0 Å². The first-order chi connectivity index (χ1) is 9.47. The second kappa shape index (κ2) is 6.13. The lowest BCUT2D eigenvalue weighted by atomic mass is 10.1. The molecule has 106 valence electrons. The third-order valence-electron chi connectivity index (χ3n) is 2.97. The third kappa shape index (κ3) is 3.87. The van der Waals surface area contributed by atoms with Crippen molar-refractivity contribution < 1.29 is 4.79 Å². The summed E-state index contributed by atoms with van der Waals surface area (Å²) in [6.45, 7) is 5.92. The Morgan fingerprint density at radius 1 is 1.45 bits per heavy atom. The first-order valence-corrected chi connectivity index (χ1v) is 7.48. The molecule has 5 heteroatoms. The van der Waals surface area contributed by atoms with E-state index in [1.54, 1.807) is 23.7 Å². The highest BCUT2D eigenvalue weighted by Crippen LogP contribution is 2.23. The van der Waals surface area contributed by atoms with Crippen molar-refractivity contribution in [2.24, 2.45) is 0 Å². The smallest absolute Gasteiger partial charge is 0.221 e. The zero-order valence-electron chi connectivity index (χ0n) is 12.0. The number of aryl methyl sites for hydroxylation is 2. The summed E-state index contributed by atoms with van der Waals surface area (Å²) >= 11 is 1.58. The van der Waals surface area contributed by atoms with Crippen LogP contribution in [0.2, 0.25) is 0 Å². The Kier molecular flexibility index (Phi) is 4.49. The molecule has 4 nitrogen and oxygen atoms in total. The number of amides is 1. The molecule has 0 aliphatic carbocycles. The van der Waals surface area contributed by atoms with Gasteiger partial charge in [0.1, 0.15) is 5.01 Å². The lowest BCUT2D eigenvalue weighted by Crippen LogP contribution is -2.41. The minimum absolute atomic E-state index is 0.0340. The van der Waals surface area contributed by atoms with Crippen LogP contribution >= 0.6 is 11.3 Å². The van der Waals surface area contributed by atoms with Gasteiger partial charge in [-0.05, 0) is 38.8 Å². The highest BCUT2D eigenvalue weighted by Gasteiger charge is 2.25. The second-order valence-electron chi connectivity index (χ2n) is 5.33. The second-order valence-corrected chi connectivity index (χ2v) is 6.19. The van der Waals surface area contributed by atoms with Crippen LogP contribution < -0.4 is 5.32 Å². The van der Waals surface area contributed by atoms with E-state index in [0.29, 0.717) is 12.8 Å². The molecule has 20 heavy (non-hydrogen) atoms.